The van der Waals surface area contributed by atoms with Gasteiger partial charge in [0.05, 0.1) is 10.6 Å². The molecule has 4 heteroatoms. The molecule has 84 valence electrons. The third-order valence-corrected chi connectivity index (χ3v) is 4.26. The molecule has 2 unspecified atom stereocenters. The van der Waals surface area contributed by atoms with Gasteiger partial charge in [0, 0.05) is 17.9 Å². The molecule has 1 aliphatic rings. The van der Waals surface area contributed by atoms with Crippen molar-refractivity contribution in [2.24, 2.45) is 0 Å². The number of hydrogen-bond donors (Lipinski definition) is 1. The van der Waals surface area contributed by atoms with E-state index in [1.165, 1.54) is 5.01 Å². The highest BCUT2D eigenvalue weighted by Crippen LogP contribution is 2.38. The van der Waals surface area contributed by atoms with Crippen LogP contribution >= 0.6 is 11.3 Å². The summed E-state index contributed by atoms with van der Waals surface area (Å²) >= 11 is 1.68. The summed E-state index contributed by atoms with van der Waals surface area (Å²) < 4.78 is 5.82. The van der Waals surface area contributed by atoms with Gasteiger partial charge in [-0.3, -0.25) is 0 Å². The Labute approximate surface area is 94.7 Å². The Kier molecular flexibility index (Phi) is 2.98. The van der Waals surface area contributed by atoms with Gasteiger partial charge < -0.3 is 10.5 Å². The molecule has 3 nitrogen and oxygen atoms in total. The molecule has 0 spiro atoms. The second-order valence-electron chi connectivity index (χ2n) is 4.45. The van der Waals surface area contributed by atoms with Crippen molar-refractivity contribution in [1.29, 1.82) is 0 Å². The summed E-state index contributed by atoms with van der Waals surface area (Å²) in [6.07, 6.45) is 3.20. The van der Waals surface area contributed by atoms with Crippen LogP contribution in [-0.4, -0.2) is 17.2 Å². The van der Waals surface area contributed by atoms with Crippen molar-refractivity contribution in [1.82, 2.24) is 4.98 Å². The number of nitrogen functional groups attached to an aromatic ring is 1. The molecule has 1 aromatic heterocycles. The lowest BCUT2D eigenvalue weighted by atomic mass is 9.86. The molecule has 15 heavy (non-hydrogen) atoms. The molecule has 0 aromatic carbocycles. The van der Waals surface area contributed by atoms with Crippen molar-refractivity contribution in [3.8, 4) is 0 Å². The number of thiazole rings is 1. The van der Waals surface area contributed by atoms with Crippen LogP contribution in [0.5, 0.6) is 0 Å². The summed E-state index contributed by atoms with van der Waals surface area (Å²) in [5.41, 5.74) is 5.68. The van der Waals surface area contributed by atoms with E-state index < -0.39 is 0 Å². The van der Waals surface area contributed by atoms with Gasteiger partial charge in [0.15, 0.2) is 0 Å². The molecule has 0 radical (unpaired) electrons. The number of aromatic nitrogens is 1. The molecular weight excluding hydrogens is 208 g/mol. The quantitative estimate of drug-likeness (QED) is 0.843. The van der Waals surface area contributed by atoms with Crippen LogP contribution in [-0.2, 0) is 4.74 Å². The highest BCUT2D eigenvalue weighted by atomic mass is 32.1. The van der Waals surface area contributed by atoms with Gasteiger partial charge in [0.2, 0.25) is 0 Å². The minimum absolute atomic E-state index is 0.0311. The SMILES string of the molecule is CCC1(C)CC(c2nc(N)cs2)CCO1. The number of nitrogens with two attached hydrogens (primary N) is 1. The van der Waals surface area contributed by atoms with Crippen LogP contribution in [0.3, 0.4) is 0 Å². The van der Waals surface area contributed by atoms with Gasteiger partial charge in [0.1, 0.15) is 5.82 Å². The highest BCUT2D eigenvalue weighted by molar-refractivity contribution is 7.10. The molecule has 1 saturated heterocycles. The zero-order chi connectivity index (χ0) is 10.9. The molecule has 1 aliphatic heterocycles. The molecule has 2 rings (SSSR count). The molecule has 0 bridgehead atoms. The Bertz CT molecular complexity index is 339. The summed E-state index contributed by atoms with van der Waals surface area (Å²) in [5, 5.41) is 3.10. The van der Waals surface area contributed by atoms with E-state index in [4.69, 9.17) is 10.5 Å². The first kappa shape index (κ1) is 10.9. The summed E-state index contributed by atoms with van der Waals surface area (Å²) in [4.78, 5) is 4.37. The van der Waals surface area contributed by atoms with E-state index in [1.54, 1.807) is 11.3 Å². The Morgan fingerprint density at radius 2 is 2.53 bits per heavy atom. The van der Waals surface area contributed by atoms with E-state index in [2.05, 4.69) is 18.8 Å². The lowest BCUT2D eigenvalue weighted by Crippen LogP contribution is -2.35. The highest BCUT2D eigenvalue weighted by Gasteiger charge is 2.33. The van der Waals surface area contributed by atoms with E-state index in [1.807, 2.05) is 5.38 Å². The zero-order valence-corrected chi connectivity index (χ0v) is 10.1. The summed E-state index contributed by atoms with van der Waals surface area (Å²) in [5.74, 6) is 1.19. The van der Waals surface area contributed by atoms with Gasteiger partial charge >= 0.3 is 0 Å². The number of hydrogen-bond acceptors (Lipinski definition) is 4. The smallest absolute Gasteiger partial charge is 0.134 e. The van der Waals surface area contributed by atoms with E-state index in [-0.39, 0.29) is 5.60 Å². The van der Waals surface area contributed by atoms with Crippen LogP contribution in [0.15, 0.2) is 5.38 Å². The minimum Gasteiger partial charge on any atom is -0.383 e. The van der Waals surface area contributed by atoms with Crippen molar-refractivity contribution in [2.45, 2.75) is 44.6 Å². The van der Waals surface area contributed by atoms with Crippen molar-refractivity contribution in [3.05, 3.63) is 10.4 Å². The van der Waals surface area contributed by atoms with Gasteiger partial charge in [-0.05, 0) is 26.2 Å². The Balaban J connectivity index is 2.11. The number of nitrogens with zero attached hydrogens (tertiary/aromatic N) is 1. The Hall–Kier alpha value is -0.610. The topological polar surface area (TPSA) is 48.1 Å². The first-order valence-corrected chi connectivity index (χ1v) is 6.36. The van der Waals surface area contributed by atoms with E-state index in [0.29, 0.717) is 11.7 Å². The van der Waals surface area contributed by atoms with Crippen LogP contribution in [0.25, 0.3) is 0 Å². The molecule has 0 aliphatic carbocycles. The first-order valence-electron chi connectivity index (χ1n) is 5.48. The molecular formula is C11H18N2OS. The Morgan fingerprint density at radius 3 is 3.13 bits per heavy atom. The van der Waals surface area contributed by atoms with Crippen LogP contribution in [0, 0.1) is 0 Å². The summed E-state index contributed by atoms with van der Waals surface area (Å²) in [6, 6.07) is 0. The predicted octanol–water partition coefficient (Wildman–Crippen LogP) is 2.79. The molecule has 2 N–H and O–H groups in total. The van der Waals surface area contributed by atoms with Gasteiger partial charge in [0.25, 0.3) is 0 Å². The van der Waals surface area contributed by atoms with Crippen molar-refractivity contribution >= 4 is 17.2 Å². The maximum absolute atomic E-state index is 5.82. The number of rotatable bonds is 2. The fourth-order valence-electron chi connectivity index (χ4n) is 2.08. The average Bonchev–Trinajstić information content (AvgIpc) is 2.65. The standard InChI is InChI=1S/C11H18N2OS/c1-3-11(2)6-8(4-5-14-11)10-13-9(12)7-15-10/h7-8H,3-6,12H2,1-2H3. The molecule has 1 aromatic rings. The van der Waals surface area contributed by atoms with Crippen LogP contribution in [0.4, 0.5) is 5.82 Å². The molecule has 0 saturated carbocycles. The van der Waals surface area contributed by atoms with Crippen molar-refractivity contribution in [2.75, 3.05) is 12.3 Å². The second-order valence-corrected chi connectivity index (χ2v) is 5.34. The largest absolute Gasteiger partial charge is 0.383 e. The molecule has 2 atom stereocenters. The fraction of sp³-hybridized carbons (Fsp3) is 0.727. The molecule has 2 heterocycles. The lowest BCUT2D eigenvalue weighted by molar-refractivity contribution is -0.0746. The van der Waals surface area contributed by atoms with Crippen LogP contribution in [0.2, 0.25) is 0 Å². The van der Waals surface area contributed by atoms with Crippen LogP contribution < -0.4 is 5.73 Å². The zero-order valence-electron chi connectivity index (χ0n) is 9.32. The van der Waals surface area contributed by atoms with Gasteiger partial charge in [-0.1, -0.05) is 6.92 Å². The normalized spacial score (nSPS) is 31.7. The van der Waals surface area contributed by atoms with E-state index in [0.717, 1.165) is 25.9 Å². The van der Waals surface area contributed by atoms with Crippen LogP contribution in [0.1, 0.15) is 44.0 Å². The fourth-order valence-corrected chi connectivity index (χ4v) is 2.92. The maximum Gasteiger partial charge on any atom is 0.134 e. The first-order chi connectivity index (χ1) is 7.13. The predicted molar refractivity (Wildman–Crippen MR) is 63.1 cm³/mol. The third-order valence-electron chi connectivity index (χ3n) is 3.23. The lowest BCUT2D eigenvalue weighted by Gasteiger charge is -2.37. The third kappa shape index (κ3) is 2.32. The van der Waals surface area contributed by atoms with Crippen molar-refractivity contribution < 1.29 is 4.74 Å². The molecule has 0 amide bonds. The summed E-state index contributed by atoms with van der Waals surface area (Å²) in [7, 11) is 0. The van der Waals surface area contributed by atoms with Gasteiger partial charge in [-0.25, -0.2) is 4.98 Å². The monoisotopic (exact) mass is 226 g/mol. The average molecular weight is 226 g/mol. The van der Waals surface area contributed by atoms with Gasteiger partial charge in [-0.2, -0.15) is 0 Å². The Morgan fingerprint density at radius 1 is 1.73 bits per heavy atom. The van der Waals surface area contributed by atoms with Crippen molar-refractivity contribution in [3.63, 3.8) is 0 Å². The number of anilines is 1. The van der Waals surface area contributed by atoms with E-state index >= 15 is 0 Å². The van der Waals surface area contributed by atoms with E-state index in [9.17, 15) is 0 Å². The second kappa shape index (κ2) is 4.10. The number of ether oxygens (including phenoxy) is 1. The maximum atomic E-state index is 5.82. The molecule has 1 fully saturated rings. The van der Waals surface area contributed by atoms with Gasteiger partial charge in [-0.15, -0.1) is 11.3 Å². The summed E-state index contributed by atoms with van der Waals surface area (Å²) in [6.45, 7) is 5.21. The minimum atomic E-state index is 0.0311.